The molecule has 0 amide bonds. The molecule has 0 N–H and O–H groups in total. The van der Waals surface area contributed by atoms with Crippen LogP contribution >= 0.6 is 23.3 Å². The van der Waals surface area contributed by atoms with Gasteiger partial charge in [-0.05, 0) is 34.4 Å². The molecule has 1 aromatic heterocycles. The molecule has 0 aliphatic heterocycles. The van der Waals surface area contributed by atoms with Crippen LogP contribution in [0.4, 0.5) is 0 Å². The number of aromatic nitrogens is 2. The van der Waals surface area contributed by atoms with Crippen LogP contribution in [0.15, 0.2) is 51.7 Å². The van der Waals surface area contributed by atoms with E-state index in [0.29, 0.717) is 6.61 Å². The fourth-order valence-electron chi connectivity index (χ4n) is 1.91. The molecule has 102 valence electrons. The molecule has 20 heavy (non-hydrogen) atoms. The van der Waals surface area contributed by atoms with Crippen molar-refractivity contribution in [2.45, 2.75) is 15.7 Å². The number of rotatable bonds is 5. The lowest BCUT2D eigenvalue weighted by molar-refractivity contribution is 0.200. The number of methoxy groups -OCH3 is 1. The summed E-state index contributed by atoms with van der Waals surface area (Å²) in [4.78, 5) is 5.71. The van der Waals surface area contributed by atoms with Crippen LogP contribution in [0.25, 0.3) is 10.8 Å². The Bertz CT molecular complexity index is 712. The zero-order valence-corrected chi connectivity index (χ0v) is 12.7. The van der Waals surface area contributed by atoms with E-state index >= 15 is 0 Å². The van der Waals surface area contributed by atoms with E-state index in [4.69, 9.17) is 4.74 Å². The number of nitrogens with zero attached hydrogens (tertiary/aromatic N) is 2. The minimum absolute atomic E-state index is 0.664. The Hall–Kier alpha value is -1.43. The van der Waals surface area contributed by atoms with E-state index < -0.39 is 0 Å². The first-order valence-corrected chi connectivity index (χ1v) is 7.92. The summed E-state index contributed by atoms with van der Waals surface area (Å²) in [7, 11) is 1.69. The molecule has 0 saturated heterocycles. The molecule has 0 fully saturated rings. The average molecular weight is 302 g/mol. The van der Waals surface area contributed by atoms with Crippen LogP contribution in [0.1, 0.15) is 5.82 Å². The molecule has 2 aromatic carbocycles. The molecule has 3 nitrogen and oxygen atoms in total. The van der Waals surface area contributed by atoms with Crippen LogP contribution in [0.2, 0.25) is 0 Å². The average Bonchev–Trinajstić information content (AvgIpc) is 2.92. The number of hydrogen-bond donors (Lipinski definition) is 0. The van der Waals surface area contributed by atoms with Crippen LogP contribution < -0.4 is 0 Å². The Morgan fingerprint density at radius 3 is 2.85 bits per heavy atom. The topological polar surface area (TPSA) is 35.0 Å². The molecule has 3 rings (SSSR count). The van der Waals surface area contributed by atoms with Gasteiger partial charge in [-0.1, -0.05) is 42.1 Å². The van der Waals surface area contributed by atoms with Crippen LogP contribution in [-0.2, 0) is 11.2 Å². The SMILES string of the molecule is COCCc1nsc(Sc2ccc3ccccc3c2)n1. The van der Waals surface area contributed by atoms with Crippen LogP contribution in [0.3, 0.4) is 0 Å². The third-order valence-corrected chi connectivity index (χ3v) is 4.68. The number of ether oxygens (including phenoxy) is 1. The van der Waals surface area contributed by atoms with Gasteiger partial charge in [0.1, 0.15) is 5.82 Å². The molecule has 0 unspecified atom stereocenters. The van der Waals surface area contributed by atoms with Crippen molar-refractivity contribution in [3.63, 3.8) is 0 Å². The number of benzene rings is 2. The molecule has 0 spiro atoms. The second-order valence-electron chi connectivity index (χ2n) is 4.33. The summed E-state index contributed by atoms with van der Waals surface area (Å²) in [5.74, 6) is 0.861. The smallest absolute Gasteiger partial charge is 0.174 e. The maximum Gasteiger partial charge on any atom is 0.174 e. The van der Waals surface area contributed by atoms with Gasteiger partial charge in [-0.25, -0.2) is 4.98 Å². The van der Waals surface area contributed by atoms with Crippen molar-refractivity contribution in [2.24, 2.45) is 0 Å². The van der Waals surface area contributed by atoms with E-state index in [1.165, 1.54) is 27.2 Å². The molecule has 0 aliphatic carbocycles. The maximum absolute atomic E-state index is 5.04. The van der Waals surface area contributed by atoms with Gasteiger partial charge in [0.25, 0.3) is 0 Å². The molecular formula is C15H14N2OS2. The van der Waals surface area contributed by atoms with Crippen molar-refractivity contribution < 1.29 is 4.74 Å². The van der Waals surface area contributed by atoms with Gasteiger partial charge in [-0.2, -0.15) is 4.37 Å². The minimum atomic E-state index is 0.664. The van der Waals surface area contributed by atoms with Gasteiger partial charge in [0.2, 0.25) is 0 Å². The van der Waals surface area contributed by atoms with Crippen LogP contribution in [0, 0.1) is 0 Å². The maximum atomic E-state index is 5.04. The molecule has 0 radical (unpaired) electrons. The first-order chi connectivity index (χ1) is 9.85. The van der Waals surface area contributed by atoms with Gasteiger partial charge in [0.05, 0.1) is 6.61 Å². The van der Waals surface area contributed by atoms with E-state index in [0.717, 1.165) is 16.6 Å². The molecule has 1 heterocycles. The quantitative estimate of drug-likeness (QED) is 0.712. The van der Waals surface area contributed by atoms with Gasteiger partial charge in [0.15, 0.2) is 4.34 Å². The second-order valence-corrected chi connectivity index (χ2v) is 6.40. The van der Waals surface area contributed by atoms with Crippen molar-refractivity contribution in [3.8, 4) is 0 Å². The highest BCUT2D eigenvalue weighted by Crippen LogP contribution is 2.31. The first-order valence-electron chi connectivity index (χ1n) is 6.33. The van der Waals surface area contributed by atoms with E-state index in [-0.39, 0.29) is 0 Å². The number of hydrogen-bond acceptors (Lipinski definition) is 5. The lowest BCUT2D eigenvalue weighted by atomic mass is 10.1. The van der Waals surface area contributed by atoms with Gasteiger partial charge in [0, 0.05) is 18.4 Å². The molecule has 0 atom stereocenters. The summed E-state index contributed by atoms with van der Waals surface area (Å²) in [6.45, 7) is 0.664. The highest BCUT2D eigenvalue weighted by molar-refractivity contribution is 8.01. The monoisotopic (exact) mass is 302 g/mol. The van der Waals surface area contributed by atoms with Crippen molar-refractivity contribution >= 4 is 34.1 Å². The van der Waals surface area contributed by atoms with Crippen molar-refractivity contribution in [3.05, 3.63) is 48.3 Å². The lowest BCUT2D eigenvalue weighted by Gasteiger charge is -2.00. The Morgan fingerprint density at radius 2 is 2.00 bits per heavy atom. The summed E-state index contributed by atoms with van der Waals surface area (Å²) in [6, 6.07) is 14.8. The standard InChI is InChI=1S/C15H14N2OS2/c1-18-9-8-14-16-15(20-17-14)19-13-7-6-11-4-2-3-5-12(11)10-13/h2-7,10H,8-9H2,1H3. The van der Waals surface area contributed by atoms with E-state index in [9.17, 15) is 0 Å². The normalized spacial score (nSPS) is 11.1. The Labute approximate surface area is 126 Å². The lowest BCUT2D eigenvalue weighted by Crippen LogP contribution is -1.95. The summed E-state index contributed by atoms with van der Waals surface area (Å²) < 4.78 is 10.4. The van der Waals surface area contributed by atoms with Crippen molar-refractivity contribution in [1.29, 1.82) is 0 Å². The highest BCUT2D eigenvalue weighted by atomic mass is 32.2. The summed E-state index contributed by atoms with van der Waals surface area (Å²) >= 11 is 3.11. The minimum Gasteiger partial charge on any atom is -0.384 e. The molecular weight excluding hydrogens is 288 g/mol. The molecule has 0 bridgehead atoms. The van der Waals surface area contributed by atoms with Gasteiger partial charge in [-0.15, -0.1) is 0 Å². The molecule has 0 saturated carbocycles. The van der Waals surface area contributed by atoms with E-state index in [1.54, 1.807) is 18.9 Å². The third-order valence-electron chi connectivity index (χ3n) is 2.91. The summed E-state index contributed by atoms with van der Waals surface area (Å²) in [5.41, 5.74) is 0. The van der Waals surface area contributed by atoms with Crippen molar-refractivity contribution in [1.82, 2.24) is 9.36 Å². The Morgan fingerprint density at radius 1 is 1.15 bits per heavy atom. The molecule has 5 heteroatoms. The first kappa shape index (κ1) is 13.5. The zero-order chi connectivity index (χ0) is 13.8. The van der Waals surface area contributed by atoms with Crippen molar-refractivity contribution in [2.75, 3.05) is 13.7 Å². The fourth-order valence-corrected chi connectivity index (χ4v) is 3.59. The van der Waals surface area contributed by atoms with E-state index in [2.05, 4.69) is 51.8 Å². The van der Waals surface area contributed by atoms with Crippen LogP contribution in [0.5, 0.6) is 0 Å². The molecule has 3 aromatic rings. The third kappa shape index (κ3) is 3.17. The summed E-state index contributed by atoms with van der Waals surface area (Å²) in [6.07, 6.45) is 0.769. The second kappa shape index (κ2) is 6.35. The Balaban J connectivity index is 1.76. The van der Waals surface area contributed by atoms with Gasteiger partial charge in [-0.3, -0.25) is 0 Å². The van der Waals surface area contributed by atoms with Crippen LogP contribution in [-0.4, -0.2) is 23.1 Å². The summed E-state index contributed by atoms with van der Waals surface area (Å²) in [5, 5.41) is 2.51. The fraction of sp³-hybridized carbons (Fsp3) is 0.200. The highest BCUT2D eigenvalue weighted by Gasteiger charge is 2.06. The predicted octanol–water partition coefficient (Wildman–Crippen LogP) is 4.03. The molecule has 0 aliphatic rings. The van der Waals surface area contributed by atoms with E-state index in [1.807, 2.05) is 0 Å². The Kier molecular flexibility index (Phi) is 4.30. The predicted molar refractivity (Wildman–Crippen MR) is 83.6 cm³/mol. The van der Waals surface area contributed by atoms with Gasteiger partial charge < -0.3 is 4.74 Å². The zero-order valence-electron chi connectivity index (χ0n) is 11.1. The largest absolute Gasteiger partial charge is 0.384 e. The van der Waals surface area contributed by atoms with Gasteiger partial charge >= 0.3 is 0 Å². The number of fused-ring (bicyclic) bond motifs is 1.